The molecular formula is C20H18N4O2. The Kier molecular flexibility index (Phi) is 3.25. The molecule has 26 heavy (non-hydrogen) atoms. The fourth-order valence-electron chi connectivity index (χ4n) is 3.51. The van der Waals surface area contributed by atoms with E-state index >= 15 is 0 Å². The van der Waals surface area contributed by atoms with Gasteiger partial charge in [0.25, 0.3) is 5.91 Å². The molecule has 1 saturated heterocycles. The standard InChI is InChI=1S/C20H18N4O2/c1-26-14-6-7-15-12(8-14)9-18(21-15)20(25)24-10-13(11-24)19-22-16-4-2-3-5-17(16)23-19/h2-9,13,21H,10-11H2,1H3,(H,22,23). The Hall–Kier alpha value is -3.28. The summed E-state index contributed by atoms with van der Waals surface area (Å²) in [6, 6.07) is 15.6. The van der Waals surface area contributed by atoms with E-state index in [0.717, 1.165) is 33.5 Å². The number of likely N-dealkylation sites (tertiary alicyclic amines) is 1. The van der Waals surface area contributed by atoms with Crippen molar-refractivity contribution in [2.75, 3.05) is 20.2 Å². The third-order valence-corrected chi connectivity index (χ3v) is 5.02. The van der Waals surface area contributed by atoms with E-state index in [9.17, 15) is 4.79 Å². The van der Waals surface area contributed by atoms with Crippen LogP contribution >= 0.6 is 0 Å². The Morgan fingerprint density at radius 1 is 1.12 bits per heavy atom. The molecule has 2 N–H and O–H groups in total. The van der Waals surface area contributed by atoms with Gasteiger partial charge in [-0.3, -0.25) is 4.79 Å². The number of benzene rings is 2. The van der Waals surface area contributed by atoms with Gasteiger partial charge in [0, 0.05) is 24.0 Å². The molecule has 0 bridgehead atoms. The number of carbonyl (C=O) groups is 1. The van der Waals surface area contributed by atoms with Crippen LogP contribution in [-0.4, -0.2) is 46.0 Å². The zero-order valence-electron chi connectivity index (χ0n) is 14.3. The van der Waals surface area contributed by atoms with E-state index < -0.39 is 0 Å². The van der Waals surface area contributed by atoms with Crippen molar-refractivity contribution in [1.82, 2.24) is 19.9 Å². The van der Waals surface area contributed by atoms with E-state index in [0.29, 0.717) is 18.8 Å². The molecule has 1 fully saturated rings. The van der Waals surface area contributed by atoms with Crippen LogP contribution in [-0.2, 0) is 0 Å². The summed E-state index contributed by atoms with van der Waals surface area (Å²) in [5, 5.41) is 0.974. The van der Waals surface area contributed by atoms with E-state index in [2.05, 4.69) is 15.0 Å². The third-order valence-electron chi connectivity index (χ3n) is 5.02. The average molecular weight is 346 g/mol. The van der Waals surface area contributed by atoms with E-state index in [1.165, 1.54) is 0 Å². The Labute approximate surface area is 149 Å². The maximum Gasteiger partial charge on any atom is 0.270 e. The molecule has 4 aromatic rings. The Morgan fingerprint density at radius 3 is 2.77 bits per heavy atom. The summed E-state index contributed by atoms with van der Waals surface area (Å²) in [7, 11) is 1.64. The zero-order valence-corrected chi connectivity index (χ0v) is 14.3. The summed E-state index contributed by atoms with van der Waals surface area (Å²) in [6.07, 6.45) is 0. The van der Waals surface area contributed by atoms with Gasteiger partial charge in [-0.05, 0) is 36.4 Å². The molecule has 0 spiro atoms. The Morgan fingerprint density at radius 2 is 1.96 bits per heavy atom. The van der Waals surface area contributed by atoms with Gasteiger partial charge in [-0.25, -0.2) is 4.98 Å². The van der Waals surface area contributed by atoms with Gasteiger partial charge in [0.2, 0.25) is 0 Å². The second-order valence-electron chi connectivity index (χ2n) is 6.68. The van der Waals surface area contributed by atoms with Crippen LogP contribution < -0.4 is 4.74 Å². The minimum Gasteiger partial charge on any atom is -0.497 e. The summed E-state index contributed by atoms with van der Waals surface area (Å²) in [6.45, 7) is 1.36. The molecule has 1 amide bonds. The first kappa shape index (κ1) is 15.0. The van der Waals surface area contributed by atoms with Crippen LogP contribution in [0.3, 0.4) is 0 Å². The highest BCUT2D eigenvalue weighted by Gasteiger charge is 2.34. The van der Waals surface area contributed by atoms with Crippen LogP contribution in [0.25, 0.3) is 21.9 Å². The molecule has 0 aliphatic carbocycles. The SMILES string of the molecule is COc1ccc2[nH]c(C(=O)N3CC(c4nc5ccccc5[nH]4)C3)cc2c1. The average Bonchev–Trinajstić information content (AvgIpc) is 3.23. The van der Waals surface area contributed by atoms with Gasteiger partial charge >= 0.3 is 0 Å². The fraction of sp³-hybridized carbons (Fsp3) is 0.200. The van der Waals surface area contributed by atoms with Crippen molar-refractivity contribution in [2.24, 2.45) is 0 Å². The molecule has 1 aliphatic rings. The number of fused-ring (bicyclic) bond motifs is 2. The lowest BCUT2D eigenvalue weighted by atomic mass is 9.99. The molecule has 5 rings (SSSR count). The van der Waals surface area contributed by atoms with Crippen LogP contribution in [0, 0.1) is 0 Å². The quantitative estimate of drug-likeness (QED) is 0.598. The van der Waals surface area contributed by atoms with E-state index in [1.807, 2.05) is 53.4 Å². The number of para-hydroxylation sites is 2. The zero-order chi connectivity index (χ0) is 17.7. The van der Waals surface area contributed by atoms with Crippen LogP contribution in [0.4, 0.5) is 0 Å². The van der Waals surface area contributed by atoms with Gasteiger partial charge in [-0.2, -0.15) is 0 Å². The molecule has 0 atom stereocenters. The predicted molar refractivity (Wildman–Crippen MR) is 99.6 cm³/mol. The second-order valence-corrected chi connectivity index (χ2v) is 6.68. The first-order valence-electron chi connectivity index (χ1n) is 8.62. The monoisotopic (exact) mass is 346 g/mol. The molecule has 0 saturated carbocycles. The topological polar surface area (TPSA) is 74.0 Å². The van der Waals surface area contributed by atoms with Crippen LogP contribution in [0.1, 0.15) is 22.2 Å². The molecule has 130 valence electrons. The van der Waals surface area contributed by atoms with E-state index in [4.69, 9.17) is 4.74 Å². The molecule has 6 nitrogen and oxygen atoms in total. The molecule has 0 radical (unpaired) electrons. The number of aromatic amines is 2. The number of aromatic nitrogens is 3. The smallest absolute Gasteiger partial charge is 0.270 e. The molecule has 3 heterocycles. The second kappa shape index (κ2) is 5.62. The Balaban J connectivity index is 1.33. The number of methoxy groups -OCH3 is 1. The molecule has 0 unspecified atom stereocenters. The highest BCUT2D eigenvalue weighted by atomic mass is 16.5. The molecule has 2 aromatic carbocycles. The minimum absolute atomic E-state index is 0.0209. The van der Waals surface area contributed by atoms with Crippen molar-refractivity contribution in [2.45, 2.75) is 5.92 Å². The highest BCUT2D eigenvalue weighted by Crippen LogP contribution is 2.29. The number of rotatable bonds is 3. The lowest BCUT2D eigenvalue weighted by Gasteiger charge is -2.37. The maximum absolute atomic E-state index is 12.7. The maximum atomic E-state index is 12.7. The van der Waals surface area contributed by atoms with E-state index in [1.54, 1.807) is 7.11 Å². The van der Waals surface area contributed by atoms with Crippen molar-refractivity contribution in [3.63, 3.8) is 0 Å². The Bertz CT molecular complexity index is 1090. The van der Waals surface area contributed by atoms with E-state index in [-0.39, 0.29) is 11.8 Å². The predicted octanol–water partition coefficient (Wildman–Crippen LogP) is 3.29. The number of nitrogens with zero attached hydrogens (tertiary/aromatic N) is 2. The van der Waals surface area contributed by atoms with Gasteiger partial charge in [0.15, 0.2) is 0 Å². The van der Waals surface area contributed by atoms with Gasteiger partial charge < -0.3 is 19.6 Å². The molecular weight excluding hydrogens is 328 g/mol. The number of imidazole rings is 1. The highest BCUT2D eigenvalue weighted by molar-refractivity contribution is 5.98. The lowest BCUT2D eigenvalue weighted by Crippen LogP contribution is -2.48. The van der Waals surface area contributed by atoms with Crippen LogP contribution in [0.15, 0.2) is 48.5 Å². The van der Waals surface area contributed by atoms with Gasteiger partial charge in [-0.15, -0.1) is 0 Å². The summed E-state index contributed by atoms with van der Waals surface area (Å²) in [5.74, 6) is 2.02. The van der Waals surface area contributed by atoms with Crippen molar-refractivity contribution < 1.29 is 9.53 Å². The van der Waals surface area contributed by atoms with Crippen LogP contribution in [0.5, 0.6) is 5.75 Å². The fourth-order valence-corrected chi connectivity index (χ4v) is 3.51. The number of H-pyrrole nitrogens is 2. The number of carbonyl (C=O) groups excluding carboxylic acids is 1. The summed E-state index contributed by atoms with van der Waals surface area (Å²) in [4.78, 5) is 25.8. The van der Waals surface area contributed by atoms with Crippen molar-refractivity contribution in [1.29, 1.82) is 0 Å². The van der Waals surface area contributed by atoms with Crippen LogP contribution in [0.2, 0.25) is 0 Å². The van der Waals surface area contributed by atoms with Crippen molar-refractivity contribution >= 4 is 27.8 Å². The van der Waals surface area contributed by atoms with Crippen molar-refractivity contribution in [3.05, 3.63) is 60.0 Å². The molecule has 2 aromatic heterocycles. The summed E-state index contributed by atoms with van der Waals surface area (Å²) < 4.78 is 5.24. The van der Waals surface area contributed by atoms with Gasteiger partial charge in [0.1, 0.15) is 17.3 Å². The number of hydrogen-bond acceptors (Lipinski definition) is 3. The lowest BCUT2D eigenvalue weighted by molar-refractivity contribution is 0.0590. The minimum atomic E-state index is 0.0209. The summed E-state index contributed by atoms with van der Waals surface area (Å²) >= 11 is 0. The number of hydrogen-bond donors (Lipinski definition) is 2. The van der Waals surface area contributed by atoms with Crippen molar-refractivity contribution in [3.8, 4) is 5.75 Å². The van der Waals surface area contributed by atoms with Gasteiger partial charge in [0.05, 0.1) is 24.1 Å². The first-order chi connectivity index (χ1) is 12.7. The summed E-state index contributed by atoms with van der Waals surface area (Å²) in [5.41, 5.74) is 3.55. The normalized spacial score (nSPS) is 14.7. The van der Waals surface area contributed by atoms with Gasteiger partial charge in [-0.1, -0.05) is 12.1 Å². The largest absolute Gasteiger partial charge is 0.497 e. The third kappa shape index (κ3) is 2.34. The number of nitrogens with one attached hydrogen (secondary N) is 2. The number of amides is 1. The first-order valence-corrected chi connectivity index (χ1v) is 8.62. The molecule has 1 aliphatic heterocycles. The molecule has 6 heteroatoms. The number of ether oxygens (including phenoxy) is 1.